The molecule has 2 N–H and O–H groups in total. The lowest BCUT2D eigenvalue weighted by Gasteiger charge is -2.23. The van der Waals surface area contributed by atoms with E-state index in [1.165, 1.54) is 12.5 Å². The van der Waals surface area contributed by atoms with Crippen molar-refractivity contribution in [3.05, 3.63) is 58.7 Å². The van der Waals surface area contributed by atoms with E-state index >= 15 is 0 Å². The van der Waals surface area contributed by atoms with Crippen LogP contribution in [0.25, 0.3) is 0 Å². The van der Waals surface area contributed by atoms with Gasteiger partial charge in [0.25, 0.3) is 0 Å². The number of phenolic OH excluding ortho intramolecular Hbond substituents is 1. The van der Waals surface area contributed by atoms with E-state index in [9.17, 15) is 14.7 Å². The number of rotatable bonds is 7. The molecule has 3 rings (SSSR count). The van der Waals surface area contributed by atoms with Gasteiger partial charge in [-0.15, -0.1) is 0 Å². The molecular formula is C22H25NO3. The predicted molar refractivity (Wildman–Crippen MR) is 103 cm³/mol. The van der Waals surface area contributed by atoms with Crippen molar-refractivity contribution >= 4 is 17.3 Å². The number of carbonyl (C=O) groups is 2. The quantitative estimate of drug-likeness (QED) is 0.600. The van der Waals surface area contributed by atoms with Crippen molar-refractivity contribution in [1.29, 1.82) is 0 Å². The Hall–Kier alpha value is -2.62. The summed E-state index contributed by atoms with van der Waals surface area (Å²) in [5.41, 5.74) is 1.78. The molecule has 0 aliphatic heterocycles. The first-order valence-corrected chi connectivity index (χ1v) is 9.36. The molecule has 0 radical (unpaired) electrons. The highest BCUT2D eigenvalue weighted by Gasteiger charge is 2.33. The normalized spacial score (nSPS) is 13.9. The van der Waals surface area contributed by atoms with Gasteiger partial charge in [0.15, 0.2) is 11.6 Å². The Labute approximate surface area is 154 Å². The molecule has 1 atom stereocenters. The van der Waals surface area contributed by atoms with Crippen molar-refractivity contribution in [1.82, 2.24) is 0 Å². The minimum Gasteiger partial charge on any atom is -0.507 e. The summed E-state index contributed by atoms with van der Waals surface area (Å²) >= 11 is 0. The van der Waals surface area contributed by atoms with Crippen molar-refractivity contribution < 1.29 is 14.7 Å². The highest BCUT2D eigenvalue weighted by Crippen LogP contribution is 2.37. The lowest BCUT2D eigenvalue weighted by molar-refractivity contribution is 0.0977. The molecule has 136 valence electrons. The SMILES string of the molecule is CCCCC(CC)CNc1ccc(O)c2c1C(=O)c1ccccc1C2=O. The van der Waals surface area contributed by atoms with Crippen LogP contribution >= 0.6 is 0 Å². The first-order chi connectivity index (χ1) is 12.6. The van der Waals surface area contributed by atoms with Gasteiger partial charge in [-0.25, -0.2) is 0 Å². The lowest BCUT2D eigenvalue weighted by atomic mass is 9.82. The van der Waals surface area contributed by atoms with Crippen LogP contribution in [0, 0.1) is 5.92 Å². The fraction of sp³-hybridized carbons (Fsp3) is 0.364. The van der Waals surface area contributed by atoms with Gasteiger partial charge in [-0.05, 0) is 24.5 Å². The van der Waals surface area contributed by atoms with Gasteiger partial charge in [-0.2, -0.15) is 0 Å². The predicted octanol–water partition coefficient (Wildman–Crippen LogP) is 4.80. The van der Waals surface area contributed by atoms with Crippen molar-refractivity contribution in [2.24, 2.45) is 5.92 Å². The van der Waals surface area contributed by atoms with Crippen LogP contribution in [-0.2, 0) is 0 Å². The number of aromatic hydroxyl groups is 1. The van der Waals surface area contributed by atoms with Gasteiger partial charge in [0, 0.05) is 23.4 Å². The summed E-state index contributed by atoms with van der Waals surface area (Å²) in [5, 5.41) is 13.6. The van der Waals surface area contributed by atoms with Crippen LogP contribution in [0.2, 0.25) is 0 Å². The van der Waals surface area contributed by atoms with Gasteiger partial charge < -0.3 is 10.4 Å². The Balaban J connectivity index is 1.95. The third-order valence-corrected chi connectivity index (χ3v) is 5.18. The molecule has 2 aromatic carbocycles. The van der Waals surface area contributed by atoms with Gasteiger partial charge in [-0.1, -0.05) is 57.4 Å². The summed E-state index contributed by atoms with van der Waals surface area (Å²) in [6, 6.07) is 9.97. The fourth-order valence-electron chi connectivity index (χ4n) is 3.55. The minimum absolute atomic E-state index is 0.111. The molecule has 0 heterocycles. The van der Waals surface area contributed by atoms with Crippen LogP contribution in [0.3, 0.4) is 0 Å². The second kappa shape index (κ2) is 7.73. The third kappa shape index (κ3) is 3.24. The molecule has 1 aliphatic carbocycles. The minimum atomic E-state index is -0.297. The molecule has 0 saturated carbocycles. The second-order valence-electron chi connectivity index (χ2n) is 6.88. The molecule has 2 aromatic rings. The summed E-state index contributed by atoms with van der Waals surface area (Å²) in [7, 11) is 0. The van der Waals surface area contributed by atoms with Crippen LogP contribution < -0.4 is 5.32 Å². The Morgan fingerprint density at radius 2 is 1.62 bits per heavy atom. The Morgan fingerprint density at radius 1 is 0.962 bits per heavy atom. The van der Waals surface area contributed by atoms with E-state index in [2.05, 4.69) is 19.2 Å². The van der Waals surface area contributed by atoms with E-state index in [0.717, 1.165) is 25.8 Å². The number of phenols is 1. The topological polar surface area (TPSA) is 66.4 Å². The Morgan fingerprint density at radius 3 is 2.23 bits per heavy atom. The Bertz CT molecular complexity index is 841. The zero-order valence-electron chi connectivity index (χ0n) is 15.3. The van der Waals surface area contributed by atoms with Crippen molar-refractivity contribution in [2.45, 2.75) is 39.5 Å². The fourth-order valence-corrected chi connectivity index (χ4v) is 3.55. The first kappa shape index (κ1) is 18.2. The second-order valence-corrected chi connectivity index (χ2v) is 6.88. The molecule has 4 nitrogen and oxygen atoms in total. The largest absolute Gasteiger partial charge is 0.507 e. The maximum atomic E-state index is 13.0. The maximum absolute atomic E-state index is 13.0. The molecule has 1 aliphatic rings. The van der Waals surface area contributed by atoms with Crippen LogP contribution in [0.15, 0.2) is 36.4 Å². The first-order valence-electron chi connectivity index (χ1n) is 9.36. The number of carbonyl (C=O) groups excluding carboxylic acids is 2. The van der Waals surface area contributed by atoms with E-state index in [-0.39, 0.29) is 22.9 Å². The third-order valence-electron chi connectivity index (χ3n) is 5.18. The molecular weight excluding hydrogens is 326 g/mol. The number of hydrogen-bond donors (Lipinski definition) is 2. The molecule has 0 amide bonds. The van der Waals surface area contributed by atoms with Crippen LogP contribution in [0.4, 0.5) is 5.69 Å². The number of unbranched alkanes of at least 4 members (excludes halogenated alkanes) is 1. The number of ketones is 2. The van der Waals surface area contributed by atoms with E-state index in [0.29, 0.717) is 28.3 Å². The summed E-state index contributed by atoms with van der Waals surface area (Å²) in [4.78, 5) is 25.8. The summed E-state index contributed by atoms with van der Waals surface area (Å²) < 4.78 is 0. The van der Waals surface area contributed by atoms with E-state index in [1.807, 2.05) is 0 Å². The number of nitrogens with one attached hydrogen (secondary N) is 1. The van der Waals surface area contributed by atoms with E-state index in [4.69, 9.17) is 0 Å². The Kier molecular flexibility index (Phi) is 5.40. The van der Waals surface area contributed by atoms with Crippen LogP contribution in [0.5, 0.6) is 5.75 Å². The van der Waals surface area contributed by atoms with Gasteiger partial charge in [-0.3, -0.25) is 9.59 Å². The zero-order valence-corrected chi connectivity index (χ0v) is 15.3. The number of benzene rings is 2. The summed E-state index contributed by atoms with van der Waals surface area (Å²) in [5.74, 6) is -0.137. The van der Waals surface area contributed by atoms with E-state index < -0.39 is 0 Å². The van der Waals surface area contributed by atoms with Crippen LogP contribution in [0.1, 0.15) is 71.4 Å². The van der Waals surface area contributed by atoms with Gasteiger partial charge in [0.1, 0.15) is 5.75 Å². The zero-order chi connectivity index (χ0) is 18.7. The standard InChI is InChI=1S/C22H25NO3/c1-3-5-8-14(4-2)13-23-17-11-12-18(24)20-19(17)21(25)15-9-6-7-10-16(15)22(20)26/h6-7,9-12,14,23-24H,3-5,8,13H2,1-2H3. The number of anilines is 1. The molecule has 0 fully saturated rings. The maximum Gasteiger partial charge on any atom is 0.198 e. The van der Waals surface area contributed by atoms with Gasteiger partial charge >= 0.3 is 0 Å². The average Bonchev–Trinajstić information content (AvgIpc) is 2.67. The molecule has 26 heavy (non-hydrogen) atoms. The van der Waals surface area contributed by atoms with E-state index in [1.54, 1.807) is 30.3 Å². The molecule has 4 heteroatoms. The molecule has 0 spiro atoms. The highest BCUT2D eigenvalue weighted by molar-refractivity contribution is 6.31. The van der Waals surface area contributed by atoms with Crippen molar-refractivity contribution in [3.63, 3.8) is 0 Å². The smallest absolute Gasteiger partial charge is 0.198 e. The lowest BCUT2D eigenvalue weighted by Crippen LogP contribution is -2.24. The monoisotopic (exact) mass is 351 g/mol. The summed E-state index contributed by atoms with van der Waals surface area (Å²) in [6.07, 6.45) is 4.53. The number of hydrogen-bond acceptors (Lipinski definition) is 4. The van der Waals surface area contributed by atoms with Gasteiger partial charge in [0.2, 0.25) is 0 Å². The van der Waals surface area contributed by atoms with Crippen molar-refractivity contribution in [3.8, 4) is 5.75 Å². The molecule has 0 saturated heterocycles. The number of fused-ring (bicyclic) bond motifs is 2. The summed E-state index contributed by atoms with van der Waals surface area (Å²) in [6.45, 7) is 5.09. The average molecular weight is 351 g/mol. The van der Waals surface area contributed by atoms with Crippen LogP contribution in [-0.4, -0.2) is 23.2 Å². The van der Waals surface area contributed by atoms with Gasteiger partial charge in [0.05, 0.1) is 11.1 Å². The molecule has 1 unspecified atom stereocenters. The van der Waals surface area contributed by atoms with Crippen molar-refractivity contribution in [2.75, 3.05) is 11.9 Å². The molecule has 0 aromatic heterocycles. The molecule has 0 bridgehead atoms. The highest BCUT2D eigenvalue weighted by atomic mass is 16.3.